The molecule has 1 fully saturated rings. The van der Waals surface area contributed by atoms with Crippen molar-refractivity contribution in [2.45, 2.75) is 42.1 Å². The number of aliphatic hydroxyl groups is 2. The number of aliphatic imine (C=N–C) groups is 1. The monoisotopic (exact) mass is 407 g/mol. The van der Waals surface area contributed by atoms with Gasteiger partial charge in [-0.3, -0.25) is 4.99 Å². The average molecular weight is 407 g/mol. The predicted molar refractivity (Wildman–Crippen MR) is 94.5 cm³/mol. The first-order valence-electron chi connectivity index (χ1n) is 8.10. The number of benzene rings is 1. The van der Waals surface area contributed by atoms with Gasteiger partial charge in [0.1, 0.15) is 35.5 Å². The maximum Gasteiger partial charge on any atom is 0.428 e. The summed E-state index contributed by atoms with van der Waals surface area (Å²) in [7, 11) is 3.43. The SMILES string of the molecule is CN(C)C1=N[C@@H]2[C@@H](O)[C@H](O)C([C@@H](Oc3ccc(N)cc3)C(F)(F)F)O[C@@H]2S1. The number of hydrogen-bond donors (Lipinski definition) is 3. The second-order valence-electron chi connectivity index (χ2n) is 6.51. The van der Waals surface area contributed by atoms with Crippen LogP contribution in [0.1, 0.15) is 0 Å². The molecule has 1 aromatic rings. The Labute approximate surface area is 157 Å². The minimum absolute atomic E-state index is 0.0803. The van der Waals surface area contributed by atoms with Gasteiger partial charge < -0.3 is 30.3 Å². The van der Waals surface area contributed by atoms with Crippen LogP contribution < -0.4 is 10.5 Å². The Balaban J connectivity index is 1.84. The number of fused-ring (bicyclic) bond motifs is 1. The van der Waals surface area contributed by atoms with Crippen molar-refractivity contribution in [1.82, 2.24) is 4.90 Å². The molecule has 2 aliphatic heterocycles. The van der Waals surface area contributed by atoms with Gasteiger partial charge in [-0.1, -0.05) is 11.8 Å². The Hall–Kier alpha value is -1.69. The van der Waals surface area contributed by atoms with Gasteiger partial charge in [0.25, 0.3) is 0 Å². The molecule has 0 saturated carbocycles. The Morgan fingerprint density at radius 1 is 1.22 bits per heavy atom. The number of aliphatic hydroxyl groups excluding tert-OH is 2. The topological polar surface area (TPSA) is 101 Å². The summed E-state index contributed by atoms with van der Waals surface area (Å²) in [6.45, 7) is 0. The number of rotatable bonds is 3. The van der Waals surface area contributed by atoms with Crippen molar-refractivity contribution >= 4 is 22.6 Å². The van der Waals surface area contributed by atoms with E-state index in [1.807, 2.05) is 0 Å². The first kappa shape index (κ1) is 20.1. The molecule has 7 nitrogen and oxygen atoms in total. The normalized spacial score (nSPS) is 31.8. The number of anilines is 1. The Morgan fingerprint density at radius 3 is 2.41 bits per heavy atom. The van der Waals surface area contributed by atoms with Crippen molar-refractivity contribution in [2.24, 2.45) is 4.99 Å². The quantitative estimate of drug-likeness (QED) is 0.644. The van der Waals surface area contributed by atoms with Crippen LogP contribution >= 0.6 is 11.8 Å². The molecule has 1 aromatic carbocycles. The number of nitrogens with two attached hydrogens (primary N) is 1. The third-order valence-corrected chi connectivity index (χ3v) is 5.54. The minimum atomic E-state index is -4.84. The molecule has 11 heteroatoms. The van der Waals surface area contributed by atoms with Crippen LogP contribution in [-0.2, 0) is 4.74 Å². The van der Waals surface area contributed by atoms with Gasteiger partial charge in [0, 0.05) is 19.8 Å². The number of amidine groups is 1. The number of ether oxygens (including phenoxy) is 2. The highest BCUT2D eigenvalue weighted by Gasteiger charge is 2.57. The molecule has 27 heavy (non-hydrogen) atoms. The maximum atomic E-state index is 13.7. The molecule has 2 aliphatic rings. The lowest BCUT2D eigenvalue weighted by Gasteiger charge is -2.41. The highest BCUT2D eigenvalue weighted by molar-refractivity contribution is 8.14. The van der Waals surface area contributed by atoms with Gasteiger partial charge in [-0.15, -0.1) is 0 Å². The predicted octanol–water partition coefficient (Wildman–Crippen LogP) is 1.06. The molecular formula is C16H20F3N3O4S. The van der Waals surface area contributed by atoms with E-state index < -0.39 is 42.1 Å². The van der Waals surface area contributed by atoms with E-state index in [-0.39, 0.29) is 5.75 Å². The summed E-state index contributed by atoms with van der Waals surface area (Å²) >= 11 is 1.09. The van der Waals surface area contributed by atoms with Gasteiger partial charge in [-0.25, -0.2) is 0 Å². The van der Waals surface area contributed by atoms with Gasteiger partial charge in [-0.2, -0.15) is 13.2 Å². The van der Waals surface area contributed by atoms with E-state index in [1.54, 1.807) is 19.0 Å². The maximum absolute atomic E-state index is 13.7. The summed E-state index contributed by atoms with van der Waals surface area (Å²) in [6, 6.07) is 4.52. The van der Waals surface area contributed by atoms with Crippen LogP contribution in [-0.4, -0.2) is 76.4 Å². The van der Waals surface area contributed by atoms with Crippen LogP contribution in [0.2, 0.25) is 0 Å². The highest BCUT2D eigenvalue weighted by atomic mass is 32.2. The van der Waals surface area contributed by atoms with Crippen molar-refractivity contribution in [3.63, 3.8) is 0 Å². The lowest BCUT2D eigenvalue weighted by atomic mass is 9.94. The molecule has 3 rings (SSSR count). The number of thioether (sulfide) groups is 1. The van der Waals surface area contributed by atoms with Gasteiger partial charge in [0.2, 0.25) is 6.10 Å². The van der Waals surface area contributed by atoms with E-state index >= 15 is 0 Å². The van der Waals surface area contributed by atoms with Gasteiger partial charge in [0.05, 0.1) is 0 Å². The summed E-state index contributed by atoms with van der Waals surface area (Å²) in [5.74, 6) is -0.0803. The molecule has 2 heterocycles. The van der Waals surface area contributed by atoms with Crippen molar-refractivity contribution in [2.75, 3.05) is 19.8 Å². The van der Waals surface area contributed by atoms with E-state index in [9.17, 15) is 23.4 Å². The molecule has 0 bridgehead atoms. The first-order valence-corrected chi connectivity index (χ1v) is 8.98. The number of nitrogen functional groups attached to an aromatic ring is 1. The molecule has 0 amide bonds. The van der Waals surface area contributed by atoms with Crippen LogP contribution in [0, 0.1) is 0 Å². The first-order chi connectivity index (χ1) is 12.6. The average Bonchev–Trinajstić information content (AvgIpc) is 3.01. The highest BCUT2D eigenvalue weighted by Crippen LogP contribution is 2.41. The van der Waals surface area contributed by atoms with Crippen molar-refractivity contribution < 1.29 is 32.9 Å². The largest absolute Gasteiger partial charge is 0.478 e. The molecule has 0 spiro atoms. The molecule has 0 aliphatic carbocycles. The fraction of sp³-hybridized carbons (Fsp3) is 0.562. The molecule has 1 unspecified atom stereocenters. The number of hydrogen-bond acceptors (Lipinski definition) is 8. The third-order valence-electron chi connectivity index (χ3n) is 4.23. The Bertz CT molecular complexity index is 701. The van der Waals surface area contributed by atoms with Crippen molar-refractivity contribution in [1.29, 1.82) is 0 Å². The molecule has 4 N–H and O–H groups in total. The van der Waals surface area contributed by atoms with Crippen LogP contribution in [0.4, 0.5) is 18.9 Å². The molecule has 1 saturated heterocycles. The lowest BCUT2D eigenvalue weighted by Crippen LogP contribution is -2.62. The number of alkyl halides is 3. The summed E-state index contributed by atoms with van der Waals surface area (Å²) in [5, 5.41) is 21.1. The van der Waals surface area contributed by atoms with E-state index in [1.165, 1.54) is 24.3 Å². The summed E-state index contributed by atoms with van der Waals surface area (Å²) in [5.41, 5.74) is 5.04. The van der Waals surface area contributed by atoms with Crippen molar-refractivity contribution in [3.8, 4) is 5.75 Å². The minimum Gasteiger partial charge on any atom is -0.478 e. The standard InChI is InChI=1S/C16H20F3N3O4S/c1-22(2)15-21-9-10(23)11(24)12(26-14(9)27-15)13(16(17,18)19)25-8-5-3-7(20)4-6-8/h3-6,9-14,23-24H,20H2,1-2H3/t9-,10-,11+,12?,13-,14-/m1/s1. The van der Waals surface area contributed by atoms with E-state index in [4.69, 9.17) is 15.2 Å². The molecule has 0 aromatic heterocycles. The number of nitrogens with zero attached hydrogens (tertiary/aromatic N) is 2. The fourth-order valence-corrected chi connectivity index (χ4v) is 4.00. The zero-order valence-electron chi connectivity index (χ0n) is 14.5. The lowest BCUT2D eigenvalue weighted by molar-refractivity contribution is -0.263. The van der Waals surface area contributed by atoms with Crippen molar-refractivity contribution in [3.05, 3.63) is 24.3 Å². The molecular weight excluding hydrogens is 387 g/mol. The smallest absolute Gasteiger partial charge is 0.428 e. The molecule has 150 valence electrons. The Kier molecular flexibility index (Phi) is 5.48. The second kappa shape index (κ2) is 7.38. The van der Waals surface area contributed by atoms with Crippen LogP contribution in [0.3, 0.4) is 0 Å². The zero-order chi connectivity index (χ0) is 19.9. The molecule has 6 atom stereocenters. The Morgan fingerprint density at radius 2 is 1.85 bits per heavy atom. The fourth-order valence-electron chi connectivity index (χ4n) is 2.85. The van der Waals surface area contributed by atoms with Gasteiger partial charge in [-0.05, 0) is 24.3 Å². The van der Waals surface area contributed by atoms with Gasteiger partial charge in [0.15, 0.2) is 5.17 Å². The molecule has 0 radical (unpaired) electrons. The van der Waals surface area contributed by atoms with Crippen LogP contribution in [0.15, 0.2) is 29.3 Å². The van der Waals surface area contributed by atoms with E-state index in [2.05, 4.69) is 4.99 Å². The third kappa shape index (κ3) is 4.10. The summed E-state index contributed by atoms with van der Waals surface area (Å²) in [6.07, 6.45) is -12.5. The zero-order valence-corrected chi connectivity index (χ0v) is 15.3. The second-order valence-corrected chi connectivity index (χ2v) is 7.58. The number of halogens is 3. The summed E-state index contributed by atoms with van der Waals surface area (Å²) in [4.78, 5) is 5.88. The van der Waals surface area contributed by atoms with E-state index in [0.29, 0.717) is 10.9 Å². The van der Waals surface area contributed by atoms with E-state index in [0.717, 1.165) is 11.8 Å². The van der Waals surface area contributed by atoms with Crippen LogP contribution in [0.5, 0.6) is 5.75 Å². The summed E-state index contributed by atoms with van der Waals surface area (Å²) < 4.78 is 51.5. The van der Waals surface area contributed by atoms with Crippen LogP contribution in [0.25, 0.3) is 0 Å². The van der Waals surface area contributed by atoms with Gasteiger partial charge >= 0.3 is 6.18 Å².